The Balaban J connectivity index is 2.20. The molecule has 1 amide bonds. The number of piperidine rings is 1. The molecule has 3 unspecified atom stereocenters. The lowest BCUT2D eigenvalue weighted by Gasteiger charge is -2.39. The Morgan fingerprint density at radius 1 is 1.25 bits per heavy atom. The fourth-order valence-corrected chi connectivity index (χ4v) is 3.34. The number of nitrogens with two attached hydrogens (primary N) is 1. The molecule has 3 atom stereocenters. The van der Waals surface area contributed by atoms with Crippen LogP contribution in [0.4, 0.5) is 0 Å². The second-order valence-electron chi connectivity index (χ2n) is 6.37. The number of carbonyl (C=O) groups excluding carboxylic acids is 1. The molecule has 1 saturated heterocycles. The molecule has 1 fully saturated rings. The van der Waals surface area contributed by atoms with Crippen molar-refractivity contribution in [3.8, 4) is 0 Å². The summed E-state index contributed by atoms with van der Waals surface area (Å²) in [6.45, 7) is 7.83. The molecular weight excluding hydrogens is 316 g/mol. The van der Waals surface area contributed by atoms with E-state index in [0.29, 0.717) is 11.8 Å². The van der Waals surface area contributed by atoms with E-state index in [2.05, 4.69) is 29.8 Å². The molecule has 1 aliphatic rings. The normalized spacial score (nSPS) is 26.1. The highest BCUT2D eigenvalue weighted by molar-refractivity contribution is 9.10. The van der Waals surface area contributed by atoms with Gasteiger partial charge in [-0.15, -0.1) is 0 Å². The molecule has 1 heterocycles. The molecule has 110 valence electrons. The molecule has 3 nitrogen and oxygen atoms in total. The molecule has 4 heteroatoms. The SMILES string of the molecule is CC1CC(C)CN(C(=O)C(C)(N)c2ccc(Br)cc2)C1. The van der Waals surface area contributed by atoms with E-state index in [1.807, 2.05) is 36.1 Å². The number of carbonyl (C=O) groups is 1. The number of halogens is 1. The van der Waals surface area contributed by atoms with Crippen molar-refractivity contribution in [1.82, 2.24) is 4.90 Å². The van der Waals surface area contributed by atoms with Crippen LogP contribution in [-0.4, -0.2) is 23.9 Å². The molecule has 0 aliphatic carbocycles. The Kier molecular flexibility index (Phi) is 4.55. The van der Waals surface area contributed by atoms with E-state index in [0.717, 1.165) is 23.1 Å². The highest BCUT2D eigenvalue weighted by Gasteiger charge is 2.37. The van der Waals surface area contributed by atoms with Gasteiger partial charge in [-0.1, -0.05) is 41.9 Å². The fraction of sp³-hybridized carbons (Fsp3) is 0.562. The summed E-state index contributed by atoms with van der Waals surface area (Å²) in [5.41, 5.74) is 6.24. The smallest absolute Gasteiger partial charge is 0.246 e. The van der Waals surface area contributed by atoms with Gasteiger partial charge in [0.05, 0.1) is 0 Å². The highest BCUT2D eigenvalue weighted by Crippen LogP contribution is 2.27. The molecule has 2 N–H and O–H groups in total. The van der Waals surface area contributed by atoms with Crippen LogP contribution in [0.5, 0.6) is 0 Å². The van der Waals surface area contributed by atoms with E-state index < -0.39 is 5.54 Å². The van der Waals surface area contributed by atoms with Crippen LogP contribution in [0.1, 0.15) is 32.8 Å². The Morgan fingerprint density at radius 3 is 2.25 bits per heavy atom. The number of amides is 1. The minimum absolute atomic E-state index is 0.0261. The molecule has 2 rings (SSSR count). The number of rotatable bonds is 2. The van der Waals surface area contributed by atoms with Crippen molar-refractivity contribution >= 4 is 21.8 Å². The van der Waals surface area contributed by atoms with Crippen molar-refractivity contribution in [2.45, 2.75) is 32.7 Å². The molecule has 20 heavy (non-hydrogen) atoms. The number of hydrogen-bond acceptors (Lipinski definition) is 2. The summed E-state index contributed by atoms with van der Waals surface area (Å²) in [5, 5.41) is 0. The first-order valence-corrected chi connectivity index (χ1v) is 7.94. The minimum atomic E-state index is -0.961. The Hall–Kier alpha value is -0.870. The standard InChI is InChI=1S/C16H23BrN2O/c1-11-8-12(2)10-19(9-11)15(20)16(3,18)13-4-6-14(17)7-5-13/h4-7,11-12H,8-10,18H2,1-3H3. The van der Waals surface area contributed by atoms with Gasteiger partial charge in [-0.05, 0) is 42.9 Å². The fourth-order valence-electron chi connectivity index (χ4n) is 3.08. The lowest BCUT2D eigenvalue weighted by molar-refractivity contribution is -0.139. The van der Waals surface area contributed by atoms with Crippen LogP contribution < -0.4 is 5.73 Å². The van der Waals surface area contributed by atoms with Gasteiger partial charge >= 0.3 is 0 Å². The molecule has 0 saturated carbocycles. The highest BCUT2D eigenvalue weighted by atomic mass is 79.9. The molecular formula is C16H23BrN2O. The van der Waals surface area contributed by atoms with Gasteiger partial charge in [-0.3, -0.25) is 4.79 Å². The van der Waals surface area contributed by atoms with Crippen LogP contribution in [0.25, 0.3) is 0 Å². The third-order valence-electron chi connectivity index (χ3n) is 4.04. The maximum absolute atomic E-state index is 12.8. The van der Waals surface area contributed by atoms with Crippen molar-refractivity contribution in [2.75, 3.05) is 13.1 Å². The molecule has 0 aromatic heterocycles. The van der Waals surface area contributed by atoms with Crippen molar-refractivity contribution < 1.29 is 4.79 Å². The first-order valence-electron chi connectivity index (χ1n) is 7.15. The topological polar surface area (TPSA) is 46.3 Å². The average molecular weight is 339 g/mol. The predicted molar refractivity (Wildman–Crippen MR) is 85.2 cm³/mol. The maximum Gasteiger partial charge on any atom is 0.246 e. The number of hydrogen-bond donors (Lipinski definition) is 1. The summed E-state index contributed by atoms with van der Waals surface area (Å²) >= 11 is 3.41. The van der Waals surface area contributed by atoms with E-state index in [-0.39, 0.29) is 5.91 Å². The van der Waals surface area contributed by atoms with Crippen molar-refractivity contribution in [2.24, 2.45) is 17.6 Å². The summed E-state index contributed by atoms with van der Waals surface area (Å²) < 4.78 is 0.990. The van der Waals surface area contributed by atoms with Crippen molar-refractivity contribution in [3.63, 3.8) is 0 Å². The van der Waals surface area contributed by atoms with E-state index >= 15 is 0 Å². The summed E-state index contributed by atoms with van der Waals surface area (Å²) in [7, 11) is 0. The lowest BCUT2D eigenvalue weighted by Crippen LogP contribution is -2.54. The molecule has 0 spiro atoms. The second kappa shape index (κ2) is 5.86. The van der Waals surface area contributed by atoms with Crippen LogP contribution in [-0.2, 0) is 10.3 Å². The van der Waals surface area contributed by atoms with Crippen LogP contribution in [0.15, 0.2) is 28.7 Å². The average Bonchev–Trinajstić information content (AvgIpc) is 2.37. The van der Waals surface area contributed by atoms with Crippen LogP contribution >= 0.6 is 15.9 Å². The molecule has 0 radical (unpaired) electrons. The lowest BCUT2D eigenvalue weighted by atomic mass is 9.87. The van der Waals surface area contributed by atoms with Gasteiger partial charge in [0.25, 0.3) is 0 Å². The van der Waals surface area contributed by atoms with Gasteiger partial charge in [-0.25, -0.2) is 0 Å². The van der Waals surface area contributed by atoms with Crippen molar-refractivity contribution in [3.05, 3.63) is 34.3 Å². The van der Waals surface area contributed by atoms with Crippen LogP contribution in [0.2, 0.25) is 0 Å². The van der Waals surface area contributed by atoms with Crippen molar-refractivity contribution in [1.29, 1.82) is 0 Å². The van der Waals surface area contributed by atoms with E-state index in [4.69, 9.17) is 5.73 Å². The van der Waals surface area contributed by atoms with Crippen LogP contribution in [0, 0.1) is 11.8 Å². The zero-order valence-electron chi connectivity index (χ0n) is 12.4. The summed E-state index contributed by atoms with van der Waals surface area (Å²) in [6, 6.07) is 7.68. The second-order valence-corrected chi connectivity index (χ2v) is 7.28. The van der Waals surface area contributed by atoms with Gasteiger partial charge in [0.1, 0.15) is 5.54 Å². The largest absolute Gasteiger partial charge is 0.340 e. The van der Waals surface area contributed by atoms with Crippen LogP contribution in [0.3, 0.4) is 0 Å². The summed E-state index contributed by atoms with van der Waals surface area (Å²) in [5.74, 6) is 1.12. The Morgan fingerprint density at radius 2 is 1.75 bits per heavy atom. The third-order valence-corrected chi connectivity index (χ3v) is 4.57. The van der Waals surface area contributed by atoms with E-state index in [9.17, 15) is 4.79 Å². The monoisotopic (exact) mass is 338 g/mol. The quantitative estimate of drug-likeness (QED) is 0.900. The van der Waals surface area contributed by atoms with E-state index in [1.165, 1.54) is 6.42 Å². The summed E-state index contributed by atoms with van der Waals surface area (Å²) in [4.78, 5) is 14.7. The van der Waals surface area contributed by atoms with Gasteiger partial charge in [0, 0.05) is 17.6 Å². The third kappa shape index (κ3) is 3.23. The Labute approximate surface area is 129 Å². The first-order chi connectivity index (χ1) is 9.30. The first kappa shape index (κ1) is 15.5. The zero-order chi connectivity index (χ0) is 14.9. The molecule has 0 bridgehead atoms. The molecule has 1 aliphatic heterocycles. The Bertz CT molecular complexity index is 474. The number of benzene rings is 1. The number of likely N-dealkylation sites (tertiary alicyclic amines) is 1. The molecule has 1 aromatic carbocycles. The zero-order valence-corrected chi connectivity index (χ0v) is 14.0. The van der Waals surface area contributed by atoms with Gasteiger partial charge in [-0.2, -0.15) is 0 Å². The van der Waals surface area contributed by atoms with E-state index in [1.54, 1.807) is 0 Å². The van der Waals surface area contributed by atoms with Gasteiger partial charge in [0.15, 0.2) is 0 Å². The van der Waals surface area contributed by atoms with Gasteiger partial charge in [0.2, 0.25) is 5.91 Å². The predicted octanol–water partition coefficient (Wildman–Crippen LogP) is 3.13. The summed E-state index contributed by atoms with van der Waals surface area (Å²) in [6.07, 6.45) is 1.18. The minimum Gasteiger partial charge on any atom is -0.340 e. The number of nitrogens with zero attached hydrogens (tertiary/aromatic N) is 1. The molecule has 1 aromatic rings. The maximum atomic E-state index is 12.8. The van der Waals surface area contributed by atoms with Gasteiger partial charge < -0.3 is 10.6 Å².